The van der Waals surface area contributed by atoms with Crippen LogP contribution in [0.3, 0.4) is 0 Å². The average Bonchev–Trinajstić information content (AvgIpc) is 0. The van der Waals surface area contributed by atoms with Crippen LogP contribution in [0.15, 0.2) is 0 Å². The van der Waals surface area contributed by atoms with E-state index in [9.17, 15) is 0 Å². The summed E-state index contributed by atoms with van der Waals surface area (Å²) < 4.78 is 0. The molecule has 0 bridgehead atoms. The van der Waals surface area contributed by atoms with E-state index in [1.54, 1.807) is 0 Å². The Balaban J connectivity index is 0. The van der Waals surface area contributed by atoms with Crippen LogP contribution in [-0.4, -0.2) is 8.41 Å². The van der Waals surface area contributed by atoms with Crippen molar-refractivity contribution in [2.24, 2.45) is 0 Å². The van der Waals surface area contributed by atoms with E-state index in [0.717, 1.165) is 0 Å². The van der Waals surface area contributed by atoms with Gasteiger partial charge in [-0.3, -0.25) is 0 Å². The first-order valence-corrected chi connectivity index (χ1v) is 0. The van der Waals surface area contributed by atoms with Crippen LogP contribution in [0, 0.1) is 0 Å². The first kappa shape index (κ1) is 55.1. The summed E-state index contributed by atoms with van der Waals surface area (Å²) in [4.78, 5) is 0. The molecule has 0 rings (SSSR count). The number of hydrogen-bond donors (Lipinski definition) is 0. The van der Waals surface area contributed by atoms with Gasteiger partial charge in [-0.1, -0.05) is 0 Å². The predicted molar refractivity (Wildman–Crippen MR) is 20.2 cm³/mol. The topological polar surface area (TPSA) is 0 Å². The minimum Gasteiger partial charge on any atom is -0.147 e. The molecule has 0 aromatic heterocycles. The van der Waals surface area contributed by atoms with Crippen LogP contribution < -0.4 is 0 Å². The van der Waals surface area contributed by atoms with Gasteiger partial charge in [0.05, 0.1) is 0 Å². The number of halogens is 2. The summed E-state index contributed by atoms with van der Waals surface area (Å²) >= 11 is 0. The van der Waals surface area contributed by atoms with E-state index in [-0.39, 0.29) is 54.9 Å². The molecule has 23 valence electrons. The van der Waals surface area contributed by atoms with Crippen LogP contribution in [0.2, 0.25) is 0 Å². The third-order valence-electron chi connectivity index (χ3n) is 0. The number of hydrogen-bond acceptors (Lipinski definition) is 0. The van der Waals surface area contributed by atoms with Gasteiger partial charge in [0.1, 0.15) is 0 Å². The molecule has 3 radical (unpaired) electrons. The van der Waals surface area contributed by atoms with Gasteiger partial charge in [0, 0.05) is 30.1 Å². The Hall–Kier alpha value is 1.36. The molecule has 0 saturated carbocycles. The maximum Gasteiger partial charge on any atom is 0 e. The largest absolute Gasteiger partial charge is 0.147 e. The summed E-state index contributed by atoms with van der Waals surface area (Å²) in [7, 11) is 0. The molecule has 0 N–H and O–H groups in total. The Morgan fingerprint density at radius 2 is 0.750 bits per heavy atom. The molecule has 0 fully saturated rings. The molecule has 0 aromatic carbocycles. The third-order valence-corrected chi connectivity index (χ3v) is 0. The SMILES string of the molecule is Cl.Cl.[B].[Ti]. The van der Waals surface area contributed by atoms with Gasteiger partial charge in [-0.2, -0.15) is 0 Å². The molecule has 0 atom stereocenters. The molecular weight excluding hydrogens is 130 g/mol. The van der Waals surface area contributed by atoms with E-state index >= 15 is 0 Å². The Labute approximate surface area is 55.0 Å². The van der Waals surface area contributed by atoms with Crippen LogP contribution in [0.25, 0.3) is 0 Å². The zero-order valence-electron chi connectivity index (χ0n) is 1.89. The minimum absolute atomic E-state index is 0. The van der Waals surface area contributed by atoms with Crippen LogP contribution in [0.4, 0.5) is 0 Å². The van der Waals surface area contributed by atoms with E-state index < -0.39 is 0 Å². The molecule has 4 heteroatoms. The van der Waals surface area contributed by atoms with Crippen LogP contribution in [-0.2, 0) is 21.7 Å². The van der Waals surface area contributed by atoms with E-state index in [2.05, 4.69) is 0 Å². The van der Waals surface area contributed by atoms with Crippen molar-refractivity contribution in [3.05, 3.63) is 0 Å². The zero-order valence-corrected chi connectivity index (χ0v) is 5.09. The maximum absolute atomic E-state index is 0. The molecule has 0 amide bonds. The number of rotatable bonds is 0. The van der Waals surface area contributed by atoms with Crippen molar-refractivity contribution in [3.8, 4) is 0 Å². The molecule has 0 aliphatic carbocycles. The van der Waals surface area contributed by atoms with Gasteiger partial charge < -0.3 is 0 Å². The monoisotopic (exact) mass is 131 g/mol. The predicted octanol–water partition coefficient (Wildman–Crippen LogP) is 0.460. The smallest absolute Gasteiger partial charge is 0 e. The van der Waals surface area contributed by atoms with Gasteiger partial charge in [-0.05, 0) is 0 Å². The second-order valence-corrected chi connectivity index (χ2v) is 0. The molecule has 0 unspecified atom stereocenters. The fraction of sp³-hybridized carbons (Fsp3) is 0. The molecule has 4 heavy (non-hydrogen) atoms. The first-order chi connectivity index (χ1) is 0. The van der Waals surface area contributed by atoms with E-state index in [1.807, 2.05) is 0 Å². The van der Waals surface area contributed by atoms with Crippen molar-refractivity contribution in [3.63, 3.8) is 0 Å². The summed E-state index contributed by atoms with van der Waals surface area (Å²) in [6.45, 7) is 0. The van der Waals surface area contributed by atoms with Crippen LogP contribution in [0.1, 0.15) is 0 Å². The summed E-state index contributed by atoms with van der Waals surface area (Å²) in [5.41, 5.74) is 0. The van der Waals surface area contributed by atoms with Gasteiger partial charge in [-0.15, -0.1) is 24.8 Å². The molecule has 0 aliphatic rings. The Morgan fingerprint density at radius 3 is 0.750 bits per heavy atom. The standard InChI is InChI=1S/B.2ClH.Ti/h;2*1H;. The molecule has 0 heterocycles. The van der Waals surface area contributed by atoms with Gasteiger partial charge >= 0.3 is 0 Å². The molecule has 0 saturated heterocycles. The molecule has 0 spiro atoms. The zero-order chi connectivity index (χ0) is 0. The van der Waals surface area contributed by atoms with Crippen LogP contribution in [0.5, 0.6) is 0 Å². The van der Waals surface area contributed by atoms with Gasteiger partial charge in [0.2, 0.25) is 0 Å². The third kappa shape index (κ3) is 10.1. The minimum atomic E-state index is 0. The van der Waals surface area contributed by atoms with Crippen molar-refractivity contribution in [2.75, 3.05) is 0 Å². The maximum atomic E-state index is 0. The first-order valence-electron chi connectivity index (χ1n) is 0. The Morgan fingerprint density at radius 1 is 0.750 bits per heavy atom. The molecule has 0 aliphatic heterocycles. The fourth-order valence-corrected chi connectivity index (χ4v) is 0. The summed E-state index contributed by atoms with van der Waals surface area (Å²) in [6.07, 6.45) is 0. The van der Waals surface area contributed by atoms with E-state index in [0.29, 0.717) is 0 Å². The fourth-order valence-electron chi connectivity index (χ4n) is 0. The van der Waals surface area contributed by atoms with Crippen molar-refractivity contribution in [1.82, 2.24) is 0 Å². The quantitative estimate of drug-likeness (QED) is 0.419. The average molecular weight is 132 g/mol. The summed E-state index contributed by atoms with van der Waals surface area (Å²) in [6, 6.07) is 0. The molecular formula is H2BCl2Ti. The normalized spacial score (nSPS) is 0. The van der Waals surface area contributed by atoms with Crippen molar-refractivity contribution in [1.29, 1.82) is 0 Å². The van der Waals surface area contributed by atoms with Gasteiger partial charge in [0.15, 0.2) is 0 Å². The van der Waals surface area contributed by atoms with E-state index in [1.165, 1.54) is 0 Å². The second-order valence-electron chi connectivity index (χ2n) is 0. The van der Waals surface area contributed by atoms with Gasteiger partial charge in [-0.25, -0.2) is 0 Å². The van der Waals surface area contributed by atoms with Crippen LogP contribution >= 0.6 is 24.8 Å². The Bertz CT molecular complexity index is 6.00. The van der Waals surface area contributed by atoms with Crippen molar-refractivity contribution < 1.29 is 21.7 Å². The second kappa shape index (κ2) is 26.6. The summed E-state index contributed by atoms with van der Waals surface area (Å²) in [5.74, 6) is 0. The van der Waals surface area contributed by atoms with E-state index in [4.69, 9.17) is 0 Å². The summed E-state index contributed by atoms with van der Waals surface area (Å²) in [5, 5.41) is 0. The molecule has 0 aromatic rings. The van der Waals surface area contributed by atoms with Gasteiger partial charge in [0.25, 0.3) is 0 Å². The van der Waals surface area contributed by atoms with Crippen molar-refractivity contribution in [2.45, 2.75) is 0 Å². The molecule has 0 nitrogen and oxygen atoms in total. The Kier molecular flexibility index (Phi) is 367. The van der Waals surface area contributed by atoms with Crippen molar-refractivity contribution >= 4 is 33.2 Å².